The predicted octanol–water partition coefficient (Wildman–Crippen LogP) is 1.82. The van der Waals surface area contributed by atoms with Crippen molar-refractivity contribution < 1.29 is 4.74 Å². The van der Waals surface area contributed by atoms with Crippen molar-refractivity contribution in [2.45, 2.75) is 6.61 Å². The van der Waals surface area contributed by atoms with Gasteiger partial charge in [0.15, 0.2) is 0 Å². The van der Waals surface area contributed by atoms with E-state index in [2.05, 4.69) is 4.98 Å². The van der Waals surface area contributed by atoms with Gasteiger partial charge in [-0.2, -0.15) is 0 Å². The summed E-state index contributed by atoms with van der Waals surface area (Å²) in [4.78, 5) is 3.91. The number of anilines is 2. The lowest BCUT2D eigenvalue weighted by atomic mass is 10.1. The van der Waals surface area contributed by atoms with Crippen molar-refractivity contribution in [2.24, 2.45) is 0 Å². The van der Waals surface area contributed by atoms with E-state index in [0.717, 1.165) is 11.3 Å². The minimum absolute atomic E-state index is 0.404. The Labute approximate surface area is 93.9 Å². The third-order valence-corrected chi connectivity index (χ3v) is 2.27. The number of nitrogens with two attached hydrogens (primary N) is 2. The number of hydrogen-bond acceptors (Lipinski definition) is 4. The van der Waals surface area contributed by atoms with Crippen LogP contribution in [-0.2, 0) is 6.61 Å². The van der Waals surface area contributed by atoms with Crippen LogP contribution in [0.3, 0.4) is 0 Å². The molecule has 16 heavy (non-hydrogen) atoms. The number of para-hydroxylation sites is 1. The Morgan fingerprint density at radius 1 is 1.06 bits per heavy atom. The highest BCUT2D eigenvalue weighted by atomic mass is 16.5. The van der Waals surface area contributed by atoms with Gasteiger partial charge in [-0.25, -0.2) is 0 Å². The van der Waals surface area contributed by atoms with Crippen molar-refractivity contribution in [1.82, 2.24) is 4.98 Å². The molecule has 0 saturated heterocycles. The number of benzene rings is 1. The van der Waals surface area contributed by atoms with Crippen molar-refractivity contribution in [3.63, 3.8) is 0 Å². The second-order valence-corrected chi connectivity index (χ2v) is 3.39. The third-order valence-electron chi connectivity index (χ3n) is 2.27. The molecule has 4 N–H and O–H groups in total. The van der Waals surface area contributed by atoms with Crippen LogP contribution in [0.25, 0.3) is 0 Å². The van der Waals surface area contributed by atoms with Gasteiger partial charge >= 0.3 is 0 Å². The molecule has 2 aromatic rings. The topological polar surface area (TPSA) is 74.2 Å². The molecule has 0 aliphatic heterocycles. The molecule has 0 amide bonds. The summed E-state index contributed by atoms with van der Waals surface area (Å²) in [6.45, 7) is 0.404. The predicted molar refractivity (Wildman–Crippen MR) is 63.8 cm³/mol. The molecule has 0 atom stereocenters. The van der Waals surface area contributed by atoms with Crippen LogP contribution in [0.15, 0.2) is 42.7 Å². The third kappa shape index (κ3) is 2.23. The first kappa shape index (κ1) is 10.3. The van der Waals surface area contributed by atoms with Gasteiger partial charge in [0.2, 0.25) is 0 Å². The number of pyridine rings is 1. The molecule has 1 aromatic carbocycles. The molecule has 82 valence electrons. The maximum absolute atomic E-state index is 5.83. The zero-order valence-electron chi connectivity index (χ0n) is 8.76. The van der Waals surface area contributed by atoms with Gasteiger partial charge in [0.05, 0.1) is 11.4 Å². The highest BCUT2D eigenvalue weighted by molar-refractivity contribution is 5.67. The van der Waals surface area contributed by atoms with Gasteiger partial charge in [-0.15, -0.1) is 0 Å². The monoisotopic (exact) mass is 215 g/mol. The van der Waals surface area contributed by atoms with Gasteiger partial charge in [0.1, 0.15) is 12.4 Å². The molecule has 0 radical (unpaired) electrons. The molecule has 0 aliphatic rings. The van der Waals surface area contributed by atoms with Crippen molar-refractivity contribution in [3.05, 3.63) is 48.3 Å². The normalized spacial score (nSPS) is 10.0. The van der Waals surface area contributed by atoms with E-state index in [-0.39, 0.29) is 0 Å². The number of rotatable bonds is 3. The molecule has 1 aromatic heterocycles. The molecular formula is C12H13N3O. The highest BCUT2D eigenvalue weighted by Crippen LogP contribution is 2.21. The van der Waals surface area contributed by atoms with E-state index in [1.54, 1.807) is 30.6 Å². The Bertz CT molecular complexity index is 471. The number of aromatic nitrogens is 1. The van der Waals surface area contributed by atoms with E-state index in [0.29, 0.717) is 18.0 Å². The van der Waals surface area contributed by atoms with E-state index in [1.807, 2.05) is 12.1 Å². The zero-order valence-corrected chi connectivity index (χ0v) is 8.76. The second-order valence-electron chi connectivity index (χ2n) is 3.39. The van der Waals surface area contributed by atoms with E-state index in [4.69, 9.17) is 16.2 Å². The Kier molecular flexibility index (Phi) is 2.91. The van der Waals surface area contributed by atoms with Crippen molar-refractivity contribution in [2.75, 3.05) is 11.5 Å². The fourth-order valence-electron chi connectivity index (χ4n) is 1.35. The van der Waals surface area contributed by atoms with Gasteiger partial charge in [-0.05, 0) is 18.2 Å². The van der Waals surface area contributed by atoms with Gasteiger partial charge in [0, 0.05) is 18.0 Å². The summed E-state index contributed by atoms with van der Waals surface area (Å²) in [5.74, 6) is 0.761. The first-order valence-electron chi connectivity index (χ1n) is 4.93. The maximum atomic E-state index is 5.83. The summed E-state index contributed by atoms with van der Waals surface area (Å²) in [6.07, 6.45) is 3.36. The number of ether oxygens (including phenoxy) is 1. The Morgan fingerprint density at radius 3 is 2.56 bits per heavy atom. The largest absolute Gasteiger partial charge is 0.489 e. The smallest absolute Gasteiger partial charge is 0.122 e. The van der Waals surface area contributed by atoms with Crippen LogP contribution in [0.5, 0.6) is 5.75 Å². The fraction of sp³-hybridized carbons (Fsp3) is 0.0833. The summed E-state index contributed by atoms with van der Waals surface area (Å²) >= 11 is 0. The molecule has 4 nitrogen and oxygen atoms in total. The number of hydrogen-bond donors (Lipinski definition) is 2. The second kappa shape index (κ2) is 4.53. The van der Waals surface area contributed by atoms with Crippen LogP contribution in [0.2, 0.25) is 0 Å². The summed E-state index contributed by atoms with van der Waals surface area (Å²) in [5, 5.41) is 0. The van der Waals surface area contributed by atoms with Crippen molar-refractivity contribution in [1.29, 1.82) is 0 Å². The highest BCUT2D eigenvalue weighted by Gasteiger charge is 2.02. The zero-order chi connectivity index (χ0) is 11.4. The summed E-state index contributed by atoms with van der Waals surface area (Å²) in [6, 6.07) is 9.11. The molecule has 0 unspecified atom stereocenters. The fourth-order valence-corrected chi connectivity index (χ4v) is 1.35. The number of nitrogen functional groups attached to an aromatic ring is 2. The minimum Gasteiger partial charge on any atom is -0.489 e. The molecule has 0 bridgehead atoms. The Hall–Kier alpha value is -2.23. The average molecular weight is 215 g/mol. The van der Waals surface area contributed by atoms with Crippen LogP contribution < -0.4 is 16.2 Å². The lowest BCUT2D eigenvalue weighted by Gasteiger charge is -2.09. The van der Waals surface area contributed by atoms with E-state index in [9.17, 15) is 0 Å². The Balaban J connectivity index is 2.08. The first-order chi connectivity index (χ1) is 7.77. The maximum Gasteiger partial charge on any atom is 0.122 e. The molecule has 0 fully saturated rings. The molecule has 1 heterocycles. The summed E-state index contributed by atoms with van der Waals surface area (Å²) < 4.78 is 5.55. The van der Waals surface area contributed by atoms with Crippen molar-refractivity contribution in [3.8, 4) is 5.75 Å². The van der Waals surface area contributed by atoms with E-state index < -0.39 is 0 Å². The van der Waals surface area contributed by atoms with Crippen LogP contribution in [0.1, 0.15) is 5.56 Å². The van der Waals surface area contributed by atoms with Gasteiger partial charge in [-0.1, -0.05) is 12.1 Å². The standard InChI is InChI=1S/C12H13N3O/c13-11-3-1-2-9(12(11)14)8-16-10-4-6-15-7-5-10/h1-7H,8,13-14H2. The first-order valence-corrected chi connectivity index (χ1v) is 4.93. The minimum atomic E-state index is 0.404. The SMILES string of the molecule is Nc1cccc(COc2ccncc2)c1N. The lowest BCUT2D eigenvalue weighted by Crippen LogP contribution is -2.03. The summed E-state index contributed by atoms with van der Waals surface area (Å²) in [7, 11) is 0. The van der Waals surface area contributed by atoms with Gasteiger partial charge in [0.25, 0.3) is 0 Å². The van der Waals surface area contributed by atoms with Gasteiger partial charge < -0.3 is 16.2 Å². The lowest BCUT2D eigenvalue weighted by molar-refractivity contribution is 0.306. The van der Waals surface area contributed by atoms with Crippen molar-refractivity contribution >= 4 is 11.4 Å². The van der Waals surface area contributed by atoms with E-state index >= 15 is 0 Å². The van der Waals surface area contributed by atoms with Crippen LogP contribution in [0, 0.1) is 0 Å². The molecule has 4 heteroatoms. The Morgan fingerprint density at radius 2 is 1.81 bits per heavy atom. The summed E-state index contributed by atoms with van der Waals surface area (Å²) in [5.41, 5.74) is 13.6. The van der Waals surface area contributed by atoms with Crippen LogP contribution >= 0.6 is 0 Å². The molecule has 0 spiro atoms. The molecule has 0 saturated carbocycles. The van der Waals surface area contributed by atoms with E-state index in [1.165, 1.54) is 0 Å². The van der Waals surface area contributed by atoms with Crippen LogP contribution in [0.4, 0.5) is 11.4 Å². The molecule has 2 rings (SSSR count). The average Bonchev–Trinajstić information content (AvgIpc) is 2.32. The quantitative estimate of drug-likeness (QED) is 0.766. The molecule has 0 aliphatic carbocycles. The molecular weight excluding hydrogens is 202 g/mol. The van der Waals surface area contributed by atoms with Crippen LogP contribution in [-0.4, -0.2) is 4.98 Å². The number of nitrogens with zero attached hydrogens (tertiary/aromatic N) is 1. The van der Waals surface area contributed by atoms with Gasteiger partial charge in [-0.3, -0.25) is 4.98 Å².